The van der Waals surface area contributed by atoms with Gasteiger partial charge in [-0.2, -0.15) is 0 Å². The van der Waals surface area contributed by atoms with Gasteiger partial charge in [0.25, 0.3) is 5.91 Å². The molecule has 1 fully saturated rings. The minimum absolute atomic E-state index is 0. The van der Waals surface area contributed by atoms with E-state index in [1.165, 1.54) is 7.11 Å². The predicted molar refractivity (Wildman–Crippen MR) is 113 cm³/mol. The van der Waals surface area contributed by atoms with Crippen molar-refractivity contribution in [2.24, 2.45) is 5.73 Å². The van der Waals surface area contributed by atoms with Crippen LogP contribution < -0.4 is 15.2 Å². The van der Waals surface area contributed by atoms with Crippen LogP contribution in [0.1, 0.15) is 22.0 Å². The second-order valence-electron chi connectivity index (χ2n) is 6.58. The molecule has 1 heterocycles. The summed E-state index contributed by atoms with van der Waals surface area (Å²) in [5.74, 6) is 0.866. The third-order valence-electron chi connectivity index (χ3n) is 4.93. The number of piperazine rings is 1. The van der Waals surface area contributed by atoms with E-state index in [4.69, 9.17) is 15.2 Å². The Labute approximate surface area is 176 Å². The van der Waals surface area contributed by atoms with Crippen LogP contribution in [0.5, 0.6) is 11.5 Å². The molecule has 156 valence electrons. The monoisotopic (exact) mass is 419 g/mol. The molecule has 0 aromatic heterocycles. The van der Waals surface area contributed by atoms with Gasteiger partial charge in [0.15, 0.2) is 11.5 Å². The highest BCUT2D eigenvalue weighted by molar-refractivity contribution is 5.95. The number of halogens is 1. The summed E-state index contributed by atoms with van der Waals surface area (Å²) in [6.07, 6.45) is 0. The highest BCUT2D eigenvalue weighted by Crippen LogP contribution is 2.28. The average molecular weight is 420 g/mol. The van der Waals surface area contributed by atoms with E-state index < -0.39 is 6.04 Å². The Hall–Kier alpha value is -2.77. The van der Waals surface area contributed by atoms with Crippen LogP contribution in [0.25, 0.3) is 0 Å². The number of benzene rings is 2. The molecule has 1 unspecified atom stereocenters. The molecule has 0 saturated carbocycles. The molecule has 7 nitrogen and oxygen atoms in total. The van der Waals surface area contributed by atoms with Crippen molar-refractivity contribution < 1.29 is 19.1 Å². The maximum absolute atomic E-state index is 12.8. The molecule has 8 heteroatoms. The summed E-state index contributed by atoms with van der Waals surface area (Å²) in [5.41, 5.74) is 7.43. The highest BCUT2D eigenvalue weighted by atomic mass is 35.5. The Morgan fingerprint density at radius 2 is 1.48 bits per heavy atom. The lowest BCUT2D eigenvalue weighted by atomic mass is 10.1. The minimum Gasteiger partial charge on any atom is -0.493 e. The molecule has 0 aliphatic carbocycles. The van der Waals surface area contributed by atoms with Crippen molar-refractivity contribution >= 4 is 24.2 Å². The first-order valence-corrected chi connectivity index (χ1v) is 9.15. The molecule has 2 aromatic carbocycles. The number of hydrogen-bond acceptors (Lipinski definition) is 5. The van der Waals surface area contributed by atoms with Gasteiger partial charge in [0, 0.05) is 31.7 Å². The molecule has 2 aromatic rings. The Bertz CT molecular complexity index is 839. The second-order valence-corrected chi connectivity index (χ2v) is 6.58. The van der Waals surface area contributed by atoms with Gasteiger partial charge in [-0.3, -0.25) is 9.59 Å². The number of carbonyl (C=O) groups is 2. The Morgan fingerprint density at radius 3 is 2.07 bits per heavy atom. The number of carbonyl (C=O) groups excluding carboxylic acids is 2. The maximum Gasteiger partial charge on any atom is 0.254 e. The topological polar surface area (TPSA) is 85.1 Å². The Morgan fingerprint density at radius 1 is 0.897 bits per heavy atom. The van der Waals surface area contributed by atoms with Gasteiger partial charge in [-0.05, 0) is 23.8 Å². The summed E-state index contributed by atoms with van der Waals surface area (Å²) in [6, 6.07) is 13.7. The Balaban J connectivity index is 0.00000300. The van der Waals surface area contributed by atoms with Crippen molar-refractivity contribution in [1.29, 1.82) is 0 Å². The first-order chi connectivity index (χ1) is 13.5. The molecule has 29 heavy (non-hydrogen) atoms. The molecule has 2 amide bonds. The lowest BCUT2D eigenvalue weighted by Gasteiger charge is -2.36. The van der Waals surface area contributed by atoms with Crippen molar-refractivity contribution in [1.82, 2.24) is 9.80 Å². The molecule has 1 saturated heterocycles. The van der Waals surface area contributed by atoms with Gasteiger partial charge in [0.05, 0.1) is 14.2 Å². The highest BCUT2D eigenvalue weighted by Gasteiger charge is 2.28. The van der Waals surface area contributed by atoms with Crippen LogP contribution in [-0.4, -0.2) is 62.0 Å². The van der Waals surface area contributed by atoms with Gasteiger partial charge in [-0.1, -0.05) is 30.3 Å². The van der Waals surface area contributed by atoms with E-state index in [9.17, 15) is 9.59 Å². The minimum atomic E-state index is -0.686. The number of nitrogens with two attached hydrogens (primary N) is 1. The molecule has 1 atom stereocenters. The van der Waals surface area contributed by atoms with Crippen molar-refractivity contribution in [2.45, 2.75) is 6.04 Å². The largest absolute Gasteiger partial charge is 0.493 e. The van der Waals surface area contributed by atoms with Crippen molar-refractivity contribution in [3.63, 3.8) is 0 Å². The molecule has 0 radical (unpaired) electrons. The van der Waals surface area contributed by atoms with Crippen LogP contribution in [0.2, 0.25) is 0 Å². The third kappa shape index (κ3) is 4.99. The van der Waals surface area contributed by atoms with Crippen LogP contribution in [0.4, 0.5) is 0 Å². The van der Waals surface area contributed by atoms with Crippen LogP contribution in [0.3, 0.4) is 0 Å². The standard InChI is InChI=1S/C21H25N3O4.ClH/c1-27-17-9-8-16(14-18(17)28-2)20(25)23-10-12-24(13-11-23)21(26)19(22)15-6-4-3-5-7-15;/h3-9,14,19H,10-13,22H2,1-2H3;1H. The van der Waals surface area contributed by atoms with E-state index in [2.05, 4.69) is 0 Å². The lowest BCUT2D eigenvalue weighted by molar-refractivity contribution is -0.134. The molecule has 1 aliphatic rings. The first kappa shape index (κ1) is 22.5. The number of hydrogen-bond donors (Lipinski definition) is 1. The number of rotatable bonds is 5. The van der Waals surface area contributed by atoms with Gasteiger partial charge in [-0.15, -0.1) is 12.4 Å². The van der Waals surface area contributed by atoms with Crippen LogP contribution in [0.15, 0.2) is 48.5 Å². The number of methoxy groups -OCH3 is 2. The fraction of sp³-hybridized carbons (Fsp3) is 0.333. The summed E-state index contributed by atoms with van der Waals surface area (Å²) >= 11 is 0. The van der Waals surface area contributed by atoms with E-state index >= 15 is 0 Å². The second kappa shape index (κ2) is 10.1. The summed E-state index contributed by atoms with van der Waals surface area (Å²) in [6.45, 7) is 1.83. The van der Waals surface area contributed by atoms with Gasteiger partial charge in [0.1, 0.15) is 6.04 Å². The van der Waals surface area contributed by atoms with Gasteiger partial charge in [-0.25, -0.2) is 0 Å². The molecular weight excluding hydrogens is 394 g/mol. The zero-order valence-electron chi connectivity index (χ0n) is 16.5. The normalized spacial score (nSPS) is 14.6. The van der Waals surface area contributed by atoms with E-state index in [1.807, 2.05) is 30.3 Å². The summed E-state index contributed by atoms with van der Waals surface area (Å²) in [7, 11) is 3.09. The number of ether oxygens (including phenoxy) is 2. The fourth-order valence-electron chi connectivity index (χ4n) is 3.28. The summed E-state index contributed by atoms with van der Waals surface area (Å²) < 4.78 is 10.5. The smallest absolute Gasteiger partial charge is 0.254 e. The lowest BCUT2D eigenvalue weighted by Crippen LogP contribution is -2.52. The number of amides is 2. The van der Waals surface area contributed by atoms with Crippen molar-refractivity contribution in [2.75, 3.05) is 40.4 Å². The van der Waals surface area contributed by atoms with Crippen molar-refractivity contribution in [3.8, 4) is 11.5 Å². The first-order valence-electron chi connectivity index (χ1n) is 9.15. The van der Waals surface area contributed by atoms with Crippen LogP contribution in [0, 0.1) is 0 Å². The quantitative estimate of drug-likeness (QED) is 0.802. The summed E-state index contributed by atoms with van der Waals surface area (Å²) in [4.78, 5) is 28.9. The van der Waals surface area contributed by atoms with Crippen LogP contribution in [-0.2, 0) is 4.79 Å². The van der Waals surface area contributed by atoms with Gasteiger partial charge in [0.2, 0.25) is 5.91 Å². The fourth-order valence-corrected chi connectivity index (χ4v) is 3.28. The third-order valence-corrected chi connectivity index (χ3v) is 4.93. The van der Waals surface area contributed by atoms with Crippen LogP contribution >= 0.6 is 12.4 Å². The molecule has 0 spiro atoms. The van der Waals surface area contributed by atoms with E-state index in [0.717, 1.165) is 5.56 Å². The molecule has 1 aliphatic heterocycles. The zero-order valence-corrected chi connectivity index (χ0v) is 17.4. The van der Waals surface area contributed by atoms with Gasteiger partial charge >= 0.3 is 0 Å². The van der Waals surface area contributed by atoms with Gasteiger partial charge < -0.3 is 25.0 Å². The Kier molecular flexibility index (Phi) is 7.87. The average Bonchev–Trinajstić information content (AvgIpc) is 2.77. The SMILES string of the molecule is COc1ccc(C(=O)N2CCN(C(=O)C(N)c3ccccc3)CC2)cc1OC.Cl. The summed E-state index contributed by atoms with van der Waals surface area (Å²) in [5, 5.41) is 0. The van der Waals surface area contributed by atoms with E-state index in [1.54, 1.807) is 35.1 Å². The van der Waals surface area contributed by atoms with E-state index in [0.29, 0.717) is 43.2 Å². The zero-order chi connectivity index (χ0) is 20.1. The molecule has 2 N–H and O–H groups in total. The number of nitrogens with zero attached hydrogens (tertiary/aromatic N) is 2. The van der Waals surface area contributed by atoms with E-state index in [-0.39, 0.29) is 24.2 Å². The molecule has 0 bridgehead atoms. The van der Waals surface area contributed by atoms with Crippen molar-refractivity contribution in [3.05, 3.63) is 59.7 Å². The molecule has 3 rings (SSSR count). The maximum atomic E-state index is 12.8. The predicted octanol–water partition coefficient (Wildman–Crippen LogP) is 2.11. The molecular formula is C21H26ClN3O4.